The second-order valence-electron chi connectivity index (χ2n) is 3.75. The lowest BCUT2D eigenvalue weighted by atomic mass is 10.0. The number of hydrogen-bond donors (Lipinski definition) is 1. The first-order valence-electron chi connectivity index (χ1n) is 4.93. The maximum atomic E-state index is 11.9. The van der Waals surface area contributed by atoms with Crippen molar-refractivity contribution in [3.63, 3.8) is 0 Å². The molecule has 1 aromatic heterocycles. The number of hydrogen-bond acceptors (Lipinski definition) is 3. The summed E-state index contributed by atoms with van der Waals surface area (Å²) in [5.74, 6) is 0.137. The van der Waals surface area contributed by atoms with E-state index in [9.17, 15) is 4.79 Å². The Kier molecular flexibility index (Phi) is 2.84. The maximum absolute atomic E-state index is 11.9. The van der Waals surface area contributed by atoms with Gasteiger partial charge in [-0.05, 0) is 29.8 Å². The summed E-state index contributed by atoms with van der Waals surface area (Å²) in [6, 6.07) is 7.78. The zero-order valence-corrected chi connectivity index (χ0v) is 9.38. The van der Waals surface area contributed by atoms with Gasteiger partial charge in [0.05, 0.1) is 0 Å². The van der Waals surface area contributed by atoms with Crippen molar-refractivity contribution in [3.8, 4) is 0 Å². The van der Waals surface area contributed by atoms with Crippen LogP contribution in [0, 0.1) is 0 Å². The Balaban J connectivity index is 2.42. The van der Waals surface area contributed by atoms with Crippen molar-refractivity contribution in [1.29, 1.82) is 0 Å². The zero-order valence-electron chi connectivity index (χ0n) is 8.57. The minimum absolute atomic E-state index is 0.0762. The van der Waals surface area contributed by atoms with Crippen LogP contribution < -0.4 is 5.73 Å². The van der Waals surface area contributed by atoms with Gasteiger partial charge in [-0.25, -0.2) is 0 Å². The SMILES string of the molecule is CC(N)CC(=O)c1cccc2ccsc12. The normalized spacial score (nSPS) is 12.9. The Bertz CT molecular complexity index is 487. The smallest absolute Gasteiger partial charge is 0.165 e. The average Bonchev–Trinajstić information content (AvgIpc) is 2.63. The van der Waals surface area contributed by atoms with E-state index in [4.69, 9.17) is 5.73 Å². The molecule has 0 radical (unpaired) electrons. The second kappa shape index (κ2) is 4.13. The third-order valence-electron chi connectivity index (χ3n) is 2.29. The highest BCUT2D eigenvalue weighted by molar-refractivity contribution is 7.17. The molecule has 2 rings (SSSR count). The van der Waals surface area contributed by atoms with Crippen molar-refractivity contribution >= 4 is 27.2 Å². The molecule has 0 saturated heterocycles. The van der Waals surface area contributed by atoms with Gasteiger partial charge in [-0.15, -0.1) is 11.3 Å². The van der Waals surface area contributed by atoms with Gasteiger partial charge in [0, 0.05) is 22.7 Å². The zero-order chi connectivity index (χ0) is 10.8. The first-order chi connectivity index (χ1) is 7.18. The van der Waals surface area contributed by atoms with Crippen LogP contribution in [0.5, 0.6) is 0 Å². The van der Waals surface area contributed by atoms with Gasteiger partial charge in [0.1, 0.15) is 0 Å². The molecule has 1 atom stereocenters. The minimum Gasteiger partial charge on any atom is -0.328 e. The number of nitrogens with two attached hydrogens (primary N) is 1. The molecule has 0 fully saturated rings. The van der Waals surface area contributed by atoms with Crippen molar-refractivity contribution in [2.24, 2.45) is 5.73 Å². The number of carbonyl (C=O) groups is 1. The Labute approximate surface area is 92.7 Å². The molecule has 1 heterocycles. The lowest BCUT2D eigenvalue weighted by Crippen LogP contribution is -2.19. The summed E-state index contributed by atoms with van der Waals surface area (Å²) in [4.78, 5) is 11.9. The number of Topliss-reactive ketones (excluding diaryl/α,β-unsaturated/α-hetero) is 1. The first-order valence-corrected chi connectivity index (χ1v) is 5.81. The summed E-state index contributed by atoms with van der Waals surface area (Å²) in [7, 11) is 0. The summed E-state index contributed by atoms with van der Waals surface area (Å²) in [6.45, 7) is 1.85. The van der Waals surface area contributed by atoms with Gasteiger partial charge in [0.15, 0.2) is 5.78 Å². The first kappa shape index (κ1) is 10.3. The largest absolute Gasteiger partial charge is 0.328 e. The van der Waals surface area contributed by atoms with Gasteiger partial charge >= 0.3 is 0 Å². The van der Waals surface area contributed by atoms with Gasteiger partial charge in [-0.2, -0.15) is 0 Å². The molecule has 0 bridgehead atoms. The third kappa shape index (κ3) is 2.08. The van der Waals surface area contributed by atoms with E-state index in [-0.39, 0.29) is 11.8 Å². The monoisotopic (exact) mass is 219 g/mol. The van der Waals surface area contributed by atoms with Gasteiger partial charge in [-0.3, -0.25) is 4.79 Å². The van der Waals surface area contributed by atoms with Crippen LogP contribution in [0.1, 0.15) is 23.7 Å². The van der Waals surface area contributed by atoms with E-state index in [1.165, 1.54) is 0 Å². The minimum atomic E-state index is -0.0762. The molecule has 2 N–H and O–H groups in total. The molecular formula is C12H13NOS. The molecule has 0 spiro atoms. The molecule has 2 aromatic rings. The van der Waals surface area contributed by atoms with Crippen molar-refractivity contribution in [1.82, 2.24) is 0 Å². The van der Waals surface area contributed by atoms with Gasteiger partial charge in [-0.1, -0.05) is 12.1 Å². The predicted octanol–water partition coefficient (Wildman–Crippen LogP) is 2.82. The fraction of sp³-hybridized carbons (Fsp3) is 0.250. The van der Waals surface area contributed by atoms with E-state index >= 15 is 0 Å². The molecule has 0 aliphatic carbocycles. The molecule has 1 aromatic carbocycles. The van der Waals surface area contributed by atoms with E-state index in [0.29, 0.717) is 6.42 Å². The molecule has 78 valence electrons. The Morgan fingerprint density at radius 3 is 3.00 bits per heavy atom. The standard InChI is InChI=1S/C12H13NOS/c1-8(13)7-11(14)10-4-2-3-9-5-6-15-12(9)10/h2-6,8H,7,13H2,1H3. The summed E-state index contributed by atoms with van der Waals surface area (Å²) in [5, 5.41) is 3.14. The van der Waals surface area contributed by atoms with E-state index in [1.54, 1.807) is 11.3 Å². The summed E-state index contributed by atoms with van der Waals surface area (Å²) in [6.07, 6.45) is 0.414. The molecule has 15 heavy (non-hydrogen) atoms. The van der Waals surface area contributed by atoms with Crippen LogP contribution in [0.15, 0.2) is 29.6 Å². The number of fused-ring (bicyclic) bond motifs is 1. The number of carbonyl (C=O) groups excluding carboxylic acids is 1. The van der Waals surface area contributed by atoms with Gasteiger partial charge in [0.2, 0.25) is 0 Å². The van der Waals surface area contributed by atoms with Crippen LogP contribution in [0.4, 0.5) is 0 Å². The summed E-state index contributed by atoms with van der Waals surface area (Å²) >= 11 is 1.61. The van der Waals surface area contributed by atoms with E-state index in [1.807, 2.05) is 36.6 Å². The second-order valence-corrected chi connectivity index (χ2v) is 4.67. The quantitative estimate of drug-likeness (QED) is 0.807. The molecule has 2 nitrogen and oxygen atoms in total. The molecule has 0 aliphatic heterocycles. The van der Waals surface area contributed by atoms with E-state index < -0.39 is 0 Å². The Morgan fingerprint density at radius 2 is 2.27 bits per heavy atom. The number of rotatable bonds is 3. The van der Waals surface area contributed by atoms with Crippen molar-refractivity contribution < 1.29 is 4.79 Å². The Morgan fingerprint density at radius 1 is 1.47 bits per heavy atom. The highest BCUT2D eigenvalue weighted by Gasteiger charge is 2.12. The molecule has 3 heteroatoms. The van der Waals surface area contributed by atoms with Crippen LogP contribution in [-0.2, 0) is 0 Å². The lowest BCUT2D eigenvalue weighted by molar-refractivity contribution is 0.0978. The fourth-order valence-electron chi connectivity index (χ4n) is 1.61. The topological polar surface area (TPSA) is 43.1 Å². The highest BCUT2D eigenvalue weighted by atomic mass is 32.1. The number of thiophene rings is 1. The average molecular weight is 219 g/mol. The van der Waals surface area contributed by atoms with Gasteiger partial charge in [0.25, 0.3) is 0 Å². The predicted molar refractivity (Wildman–Crippen MR) is 64.4 cm³/mol. The van der Waals surface area contributed by atoms with Crippen molar-refractivity contribution in [3.05, 3.63) is 35.2 Å². The van der Waals surface area contributed by atoms with Crippen LogP contribution in [0.25, 0.3) is 10.1 Å². The van der Waals surface area contributed by atoms with E-state index in [2.05, 4.69) is 0 Å². The molecular weight excluding hydrogens is 206 g/mol. The van der Waals surface area contributed by atoms with Crippen LogP contribution in [0.2, 0.25) is 0 Å². The number of ketones is 1. The van der Waals surface area contributed by atoms with Gasteiger partial charge < -0.3 is 5.73 Å². The molecule has 0 saturated carbocycles. The van der Waals surface area contributed by atoms with Crippen LogP contribution >= 0.6 is 11.3 Å². The molecule has 1 unspecified atom stereocenters. The van der Waals surface area contributed by atoms with Crippen molar-refractivity contribution in [2.75, 3.05) is 0 Å². The summed E-state index contributed by atoms with van der Waals surface area (Å²) in [5.41, 5.74) is 6.44. The van der Waals surface area contributed by atoms with E-state index in [0.717, 1.165) is 15.6 Å². The number of benzene rings is 1. The maximum Gasteiger partial charge on any atom is 0.165 e. The van der Waals surface area contributed by atoms with Crippen LogP contribution in [-0.4, -0.2) is 11.8 Å². The Hall–Kier alpha value is -1.19. The molecule has 0 amide bonds. The van der Waals surface area contributed by atoms with Crippen LogP contribution in [0.3, 0.4) is 0 Å². The molecule has 0 aliphatic rings. The fourth-order valence-corrected chi connectivity index (χ4v) is 2.55. The highest BCUT2D eigenvalue weighted by Crippen LogP contribution is 2.25. The van der Waals surface area contributed by atoms with Crippen molar-refractivity contribution in [2.45, 2.75) is 19.4 Å². The third-order valence-corrected chi connectivity index (χ3v) is 3.25. The summed E-state index contributed by atoms with van der Waals surface area (Å²) < 4.78 is 1.07. The lowest BCUT2D eigenvalue weighted by Gasteiger charge is -2.04.